The van der Waals surface area contributed by atoms with Gasteiger partial charge in [0.2, 0.25) is 4.80 Å². The van der Waals surface area contributed by atoms with Gasteiger partial charge in [0, 0.05) is 23.7 Å². The average molecular weight is 448 g/mol. The number of methoxy groups -OCH3 is 2. The van der Waals surface area contributed by atoms with Crippen LogP contribution in [0.3, 0.4) is 0 Å². The third-order valence-corrected chi connectivity index (χ3v) is 6.41. The maximum atomic E-state index is 5.64. The Morgan fingerprint density at radius 1 is 1.09 bits per heavy atom. The van der Waals surface area contributed by atoms with Crippen molar-refractivity contribution >= 4 is 17.6 Å². The zero-order valence-electron chi connectivity index (χ0n) is 18.6. The molecule has 0 fully saturated rings. The van der Waals surface area contributed by atoms with Crippen LogP contribution in [-0.2, 0) is 6.42 Å². The smallest absolute Gasteiger partial charge is 0.206 e. The second-order valence-electron chi connectivity index (χ2n) is 7.71. The van der Waals surface area contributed by atoms with Gasteiger partial charge in [0.15, 0.2) is 0 Å². The van der Waals surface area contributed by atoms with Gasteiger partial charge in [0.05, 0.1) is 19.9 Å². The van der Waals surface area contributed by atoms with Crippen molar-refractivity contribution in [2.45, 2.75) is 25.7 Å². The largest absolute Gasteiger partial charge is 0.497 e. The first kappa shape index (κ1) is 22.1. The van der Waals surface area contributed by atoms with Gasteiger partial charge >= 0.3 is 0 Å². The van der Waals surface area contributed by atoms with Gasteiger partial charge < -0.3 is 9.47 Å². The minimum atomic E-state index is 0.449. The van der Waals surface area contributed by atoms with Gasteiger partial charge in [0.1, 0.15) is 11.5 Å². The van der Waals surface area contributed by atoms with Gasteiger partial charge in [-0.15, -0.1) is 11.3 Å². The number of allylic oxidation sites excluding steroid dienone is 2. The van der Waals surface area contributed by atoms with Crippen molar-refractivity contribution in [3.05, 3.63) is 76.4 Å². The molecule has 4 rings (SSSR count). The van der Waals surface area contributed by atoms with E-state index in [1.807, 2.05) is 28.9 Å². The van der Waals surface area contributed by atoms with Gasteiger partial charge in [-0.05, 0) is 55.4 Å². The van der Waals surface area contributed by atoms with Crippen molar-refractivity contribution in [3.8, 4) is 22.8 Å². The molecule has 1 aliphatic rings. The summed E-state index contributed by atoms with van der Waals surface area (Å²) in [5.74, 6) is 2.01. The lowest BCUT2D eigenvalue weighted by atomic mass is 9.96. The number of rotatable bonds is 8. The zero-order valence-corrected chi connectivity index (χ0v) is 19.4. The SMILES string of the molecule is COc1ccc(OC)c(-c2csc(=NCCc3ccccc3)n2N=CC2CC=CCC2)c1. The summed E-state index contributed by atoms with van der Waals surface area (Å²) in [6.07, 6.45) is 10.7. The van der Waals surface area contributed by atoms with Crippen molar-refractivity contribution in [1.82, 2.24) is 4.68 Å². The lowest BCUT2D eigenvalue weighted by molar-refractivity contribution is 0.404. The normalized spacial score (nSPS) is 16.6. The van der Waals surface area contributed by atoms with Gasteiger partial charge in [-0.2, -0.15) is 5.10 Å². The topological polar surface area (TPSA) is 48.1 Å². The quantitative estimate of drug-likeness (QED) is 0.335. The van der Waals surface area contributed by atoms with Crippen molar-refractivity contribution in [1.29, 1.82) is 0 Å². The molecule has 0 saturated carbocycles. The van der Waals surface area contributed by atoms with E-state index < -0.39 is 0 Å². The summed E-state index contributed by atoms with van der Waals surface area (Å²) in [6.45, 7) is 0.709. The summed E-state index contributed by atoms with van der Waals surface area (Å²) in [5.41, 5.74) is 3.17. The summed E-state index contributed by atoms with van der Waals surface area (Å²) < 4.78 is 13.1. The predicted octanol–water partition coefficient (Wildman–Crippen LogP) is 5.57. The monoisotopic (exact) mass is 447 g/mol. The second kappa shape index (κ2) is 11.0. The molecule has 5 nitrogen and oxygen atoms in total. The molecule has 1 aromatic heterocycles. The van der Waals surface area contributed by atoms with Crippen molar-refractivity contribution < 1.29 is 9.47 Å². The van der Waals surface area contributed by atoms with Crippen LogP contribution >= 0.6 is 11.3 Å². The summed E-state index contributed by atoms with van der Waals surface area (Å²) >= 11 is 1.60. The van der Waals surface area contributed by atoms with Crippen LogP contribution < -0.4 is 14.3 Å². The highest BCUT2D eigenvalue weighted by atomic mass is 32.1. The molecule has 0 amide bonds. The third kappa shape index (κ3) is 5.37. The van der Waals surface area contributed by atoms with Gasteiger partial charge in [0.25, 0.3) is 0 Å². The maximum absolute atomic E-state index is 5.64. The number of thiazole rings is 1. The fraction of sp³-hybridized carbons (Fsp3) is 0.308. The Balaban J connectivity index is 1.71. The molecule has 166 valence electrons. The van der Waals surface area contributed by atoms with Crippen LogP contribution in [-0.4, -0.2) is 31.7 Å². The molecule has 0 N–H and O–H groups in total. The molecule has 1 aliphatic carbocycles. The van der Waals surface area contributed by atoms with Crippen LogP contribution in [0.15, 0.2) is 76.2 Å². The van der Waals surface area contributed by atoms with Crippen molar-refractivity contribution in [3.63, 3.8) is 0 Å². The molecule has 1 unspecified atom stereocenters. The van der Waals surface area contributed by atoms with E-state index in [-0.39, 0.29) is 0 Å². The number of benzene rings is 2. The molecular weight excluding hydrogens is 418 g/mol. The second-order valence-corrected chi connectivity index (χ2v) is 8.54. The Morgan fingerprint density at radius 3 is 2.72 bits per heavy atom. The Labute approximate surface area is 193 Å². The van der Waals surface area contributed by atoms with E-state index in [9.17, 15) is 0 Å². The lowest BCUT2D eigenvalue weighted by Gasteiger charge is -2.13. The fourth-order valence-electron chi connectivity index (χ4n) is 3.76. The maximum Gasteiger partial charge on any atom is 0.206 e. The van der Waals surface area contributed by atoms with Crippen LogP contribution in [0.1, 0.15) is 24.8 Å². The number of hydrogen-bond donors (Lipinski definition) is 0. The fourth-order valence-corrected chi connectivity index (χ4v) is 4.61. The van der Waals surface area contributed by atoms with E-state index >= 15 is 0 Å². The molecule has 3 aromatic rings. The van der Waals surface area contributed by atoms with Crippen molar-refractivity contribution in [2.24, 2.45) is 16.0 Å². The van der Waals surface area contributed by atoms with Crippen molar-refractivity contribution in [2.75, 3.05) is 20.8 Å². The molecule has 1 atom stereocenters. The molecule has 1 heterocycles. The summed E-state index contributed by atoms with van der Waals surface area (Å²) in [4.78, 5) is 5.77. The average Bonchev–Trinajstić information content (AvgIpc) is 3.26. The molecule has 0 radical (unpaired) electrons. The zero-order chi connectivity index (χ0) is 22.2. The molecule has 32 heavy (non-hydrogen) atoms. The Bertz CT molecular complexity index is 1150. The Morgan fingerprint density at radius 2 is 1.97 bits per heavy atom. The highest BCUT2D eigenvalue weighted by Crippen LogP contribution is 2.33. The van der Waals surface area contributed by atoms with Crippen LogP contribution in [0, 0.1) is 5.92 Å². The van der Waals surface area contributed by atoms with Crippen LogP contribution in [0.4, 0.5) is 0 Å². The first-order valence-electron chi connectivity index (χ1n) is 11.0. The van der Waals surface area contributed by atoms with Crippen LogP contribution in [0.25, 0.3) is 11.3 Å². The third-order valence-electron chi connectivity index (χ3n) is 5.56. The number of nitrogens with zero attached hydrogens (tertiary/aromatic N) is 3. The van der Waals surface area contributed by atoms with Crippen LogP contribution in [0.2, 0.25) is 0 Å². The summed E-state index contributed by atoms with van der Waals surface area (Å²) in [6, 6.07) is 16.3. The Hall–Kier alpha value is -3.12. The molecule has 0 saturated heterocycles. The summed E-state index contributed by atoms with van der Waals surface area (Å²) in [5, 5.41) is 6.99. The molecule has 6 heteroatoms. The van der Waals surface area contributed by atoms with Gasteiger partial charge in [-0.1, -0.05) is 42.5 Å². The minimum Gasteiger partial charge on any atom is -0.497 e. The number of ether oxygens (including phenoxy) is 2. The highest BCUT2D eigenvalue weighted by Gasteiger charge is 2.15. The first-order chi connectivity index (χ1) is 15.8. The predicted molar refractivity (Wildman–Crippen MR) is 132 cm³/mol. The van der Waals surface area contributed by atoms with E-state index in [1.54, 1.807) is 25.6 Å². The molecule has 2 aromatic carbocycles. The molecule has 0 bridgehead atoms. The number of hydrogen-bond acceptors (Lipinski definition) is 5. The van der Waals surface area contributed by atoms with E-state index in [1.165, 1.54) is 5.56 Å². The molecular formula is C26H29N3O2S. The van der Waals surface area contributed by atoms with E-state index in [0.717, 1.165) is 53.2 Å². The molecule has 0 spiro atoms. The van der Waals surface area contributed by atoms with Gasteiger partial charge in [-0.3, -0.25) is 4.99 Å². The van der Waals surface area contributed by atoms with Crippen LogP contribution in [0.5, 0.6) is 11.5 Å². The molecule has 0 aliphatic heterocycles. The summed E-state index contributed by atoms with van der Waals surface area (Å²) in [7, 11) is 3.36. The first-order valence-corrected chi connectivity index (χ1v) is 11.8. The van der Waals surface area contributed by atoms with Gasteiger partial charge in [-0.25, -0.2) is 4.68 Å². The van der Waals surface area contributed by atoms with E-state index in [2.05, 4.69) is 48.0 Å². The van der Waals surface area contributed by atoms with E-state index in [4.69, 9.17) is 19.6 Å². The highest BCUT2D eigenvalue weighted by molar-refractivity contribution is 7.07. The minimum absolute atomic E-state index is 0.449. The standard InChI is InChI=1S/C26H29N3O2S/c1-30-22-13-14-25(31-2)23(17-22)24-19-32-26(27-16-15-20-9-5-3-6-10-20)29(24)28-18-21-11-7-4-8-12-21/h3-7,9-10,13-14,17-19,21H,8,11-12,15-16H2,1-2H3. The lowest BCUT2D eigenvalue weighted by Crippen LogP contribution is -2.15. The number of aromatic nitrogens is 1. The van der Waals surface area contributed by atoms with E-state index in [0.29, 0.717) is 12.5 Å². The Kier molecular flexibility index (Phi) is 7.56.